The van der Waals surface area contributed by atoms with Gasteiger partial charge in [-0.3, -0.25) is 0 Å². The van der Waals surface area contributed by atoms with Gasteiger partial charge < -0.3 is 0 Å². The highest BCUT2D eigenvalue weighted by atomic mass is 35.5. The molecule has 2 heteroatoms. The van der Waals surface area contributed by atoms with Crippen LogP contribution in [-0.2, 0) is 0 Å². The minimum Gasteiger partial charge on any atom is -0.149 e. The summed E-state index contributed by atoms with van der Waals surface area (Å²) in [5.41, 5.74) is 1.92. The van der Waals surface area contributed by atoms with Crippen LogP contribution in [0.15, 0.2) is 11.4 Å². The van der Waals surface area contributed by atoms with Crippen molar-refractivity contribution in [1.29, 1.82) is 0 Å². The molecule has 0 radical (unpaired) electrons. The maximum absolute atomic E-state index is 5.94. The van der Waals surface area contributed by atoms with E-state index in [1.54, 1.807) is 0 Å². The molecule has 0 spiro atoms. The molecule has 1 aromatic heterocycles. The van der Waals surface area contributed by atoms with Crippen LogP contribution in [0.4, 0.5) is 0 Å². The quantitative estimate of drug-likeness (QED) is 0.652. The number of aryl methyl sites for hydroxylation is 1. The number of halogens is 1. The van der Waals surface area contributed by atoms with E-state index in [9.17, 15) is 0 Å². The molecular weight excluding hydrogens is 200 g/mol. The average molecular weight is 215 g/mol. The molecule has 1 aliphatic carbocycles. The van der Waals surface area contributed by atoms with E-state index in [-0.39, 0.29) is 0 Å². The molecule has 0 saturated heterocycles. The first-order chi connectivity index (χ1) is 6.07. The first-order valence-corrected chi connectivity index (χ1v) is 6.09. The fraction of sp³-hybridized carbons (Fsp3) is 0.636. The van der Waals surface area contributed by atoms with E-state index in [0.717, 1.165) is 5.88 Å². The van der Waals surface area contributed by atoms with Crippen molar-refractivity contribution in [1.82, 2.24) is 0 Å². The Kier molecular flexibility index (Phi) is 2.20. The minimum atomic E-state index is 0.426. The summed E-state index contributed by atoms with van der Waals surface area (Å²) in [6.07, 6.45) is 0. The van der Waals surface area contributed by atoms with Crippen LogP contribution in [-0.4, -0.2) is 5.88 Å². The van der Waals surface area contributed by atoms with Crippen molar-refractivity contribution < 1.29 is 0 Å². The molecule has 0 N–H and O–H groups in total. The summed E-state index contributed by atoms with van der Waals surface area (Å²) in [6, 6.07) is 2.31. The SMILES string of the molecule is Cc1cc(C2C(CCl)C2(C)C)cs1. The summed E-state index contributed by atoms with van der Waals surface area (Å²) in [6.45, 7) is 6.80. The molecule has 0 amide bonds. The van der Waals surface area contributed by atoms with E-state index in [0.29, 0.717) is 17.3 Å². The molecule has 0 aromatic carbocycles. The molecule has 1 aliphatic rings. The van der Waals surface area contributed by atoms with E-state index in [4.69, 9.17) is 11.6 Å². The Labute approximate surface area is 88.9 Å². The zero-order chi connectivity index (χ0) is 9.64. The lowest BCUT2D eigenvalue weighted by Gasteiger charge is -1.98. The third kappa shape index (κ3) is 1.42. The topological polar surface area (TPSA) is 0 Å². The highest BCUT2D eigenvalue weighted by molar-refractivity contribution is 7.10. The van der Waals surface area contributed by atoms with E-state index >= 15 is 0 Å². The van der Waals surface area contributed by atoms with Crippen molar-refractivity contribution in [3.63, 3.8) is 0 Å². The predicted molar refractivity (Wildman–Crippen MR) is 59.8 cm³/mol. The summed E-state index contributed by atoms with van der Waals surface area (Å²) in [7, 11) is 0. The molecule has 0 bridgehead atoms. The van der Waals surface area contributed by atoms with Gasteiger partial charge in [0.25, 0.3) is 0 Å². The van der Waals surface area contributed by atoms with Crippen LogP contribution in [0.25, 0.3) is 0 Å². The average Bonchev–Trinajstić information content (AvgIpc) is 2.41. The normalized spacial score (nSPS) is 30.5. The van der Waals surface area contributed by atoms with Crippen molar-refractivity contribution in [3.05, 3.63) is 21.9 Å². The molecule has 2 rings (SSSR count). The lowest BCUT2D eigenvalue weighted by molar-refractivity contribution is 0.577. The second kappa shape index (κ2) is 2.99. The van der Waals surface area contributed by atoms with Crippen LogP contribution in [0.2, 0.25) is 0 Å². The fourth-order valence-corrected chi connectivity index (χ4v) is 3.64. The van der Waals surface area contributed by atoms with Gasteiger partial charge in [0.1, 0.15) is 0 Å². The number of hydrogen-bond donors (Lipinski definition) is 0. The molecule has 72 valence electrons. The van der Waals surface area contributed by atoms with Crippen LogP contribution in [0.5, 0.6) is 0 Å². The van der Waals surface area contributed by atoms with Crippen molar-refractivity contribution in [2.45, 2.75) is 26.7 Å². The lowest BCUT2D eigenvalue weighted by Crippen LogP contribution is -1.90. The van der Waals surface area contributed by atoms with E-state index in [1.165, 1.54) is 10.4 Å². The van der Waals surface area contributed by atoms with Gasteiger partial charge in [-0.15, -0.1) is 22.9 Å². The minimum absolute atomic E-state index is 0.426. The van der Waals surface area contributed by atoms with Gasteiger partial charge in [0.15, 0.2) is 0 Å². The standard InChI is InChI=1S/C11H15ClS/c1-7-4-8(6-13-7)10-9(5-12)11(10,2)3/h4,6,9-10H,5H2,1-3H3. The molecule has 1 fully saturated rings. The Morgan fingerprint density at radius 2 is 2.23 bits per heavy atom. The van der Waals surface area contributed by atoms with Gasteiger partial charge in [-0.05, 0) is 41.2 Å². The Bertz CT molecular complexity index is 314. The van der Waals surface area contributed by atoms with E-state index in [1.807, 2.05) is 11.3 Å². The Morgan fingerprint density at radius 1 is 1.54 bits per heavy atom. The summed E-state index contributed by atoms with van der Waals surface area (Å²) < 4.78 is 0. The third-order valence-electron chi connectivity index (χ3n) is 3.33. The smallest absolute Gasteiger partial charge is 0.0263 e. The summed E-state index contributed by atoms with van der Waals surface area (Å²) in [5, 5.41) is 2.29. The van der Waals surface area contributed by atoms with Gasteiger partial charge >= 0.3 is 0 Å². The second-order valence-corrected chi connectivity index (χ2v) is 5.97. The molecule has 2 atom stereocenters. The van der Waals surface area contributed by atoms with Crippen LogP contribution >= 0.6 is 22.9 Å². The van der Waals surface area contributed by atoms with Crippen LogP contribution < -0.4 is 0 Å². The monoisotopic (exact) mass is 214 g/mol. The maximum Gasteiger partial charge on any atom is 0.0263 e. The molecule has 1 aromatic rings. The van der Waals surface area contributed by atoms with Crippen LogP contribution in [0.3, 0.4) is 0 Å². The van der Waals surface area contributed by atoms with Crippen molar-refractivity contribution >= 4 is 22.9 Å². The Morgan fingerprint density at radius 3 is 2.62 bits per heavy atom. The van der Waals surface area contributed by atoms with Gasteiger partial charge in [0.05, 0.1) is 0 Å². The molecule has 2 unspecified atom stereocenters. The van der Waals surface area contributed by atoms with Crippen molar-refractivity contribution in [3.8, 4) is 0 Å². The number of rotatable bonds is 2. The Hall–Kier alpha value is -0.0100. The second-order valence-electron chi connectivity index (χ2n) is 4.55. The predicted octanol–water partition coefficient (Wildman–Crippen LogP) is 4.03. The van der Waals surface area contributed by atoms with Crippen molar-refractivity contribution in [2.75, 3.05) is 5.88 Å². The highest BCUT2D eigenvalue weighted by Crippen LogP contribution is 2.65. The molecule has 13 heavy (non-hydrogen) atoms. The zero-order valence-corrected chi connectivity index (χ0v) is 9.88. The first kappa shape index (κ1) is 9.54. The van der Waals surface area contributed by atoms with E-state index in [2.05, 4.69) is 32.2 Å². The van der Waals surface area contributed by atoms with Gasteiger partial charge in [-0.25, -0.2) is 0 Å². The summed E-state index contributed by atoms with van der Waals surface area (Å²) >= 11 is 7.78. The third-order valence-corrected chi connectivity index (χ3v) is 4.54. The first-order valence-electron chi connectivity index (χ1n) is 4.68. The molecule has 0 nitrogen and oxygen atoms in total. The molecule has 1 saturated carbocycles. The van der Waals surface area contributed by atoms with Crippen molar-refractivity contribution in [2.24, 2.45) is 11.3 Å². The number of hydrogen-bond acceptors (Lipinski definition) is 1. The summed E-state index contributed by atoms with van der Waals surface area (Å²) in [4.78, 5) is 1.41. The van der Waals surface area contributed by atoms with Crippen LogP contribution in [0.1, 0.15) is 30.2 Å². The van der Waals surface area contributed by atoms with Gasteiger partial charge in [0.2, 0.25) is 0 Å². The summed E-state index contributed by atoms with van der Waals surface area (Å²) in [5.74, 6) is 2.19. The largest absolute Gasteiger partial charge is 0.149 e. The van der Waals surface area contributed by atoms with Crippen LogP contribution in [0, 0.1) is 18.3 Å². The van der Waals surface area contributed by atoms with Gasteiger partial charge in [-0.1, -0.05) is 13.8 Å². The lowest BCUT2D eigenvalue weighted by atomic mass is 10.1. The van der Waals surface area contributed by atoms with E-state index < -0.39 is 0 Å². The fourth-order valence-electron chi connectivity index (χ4n) is 2.32. The zero-order valence-electron chi connectivity index (χ0n) is 8.30. The Balaban J connectivity index is 2.21. The maximum atomic E-state index is 5.94. The highest BCUT2D eigenvalue weighted by Gasteiger charge is 2.57. The van der Waals surface area contributed by atoms with Gasteiger partial charge in [-0.2, -0.15) is 0 Å². The number of alkyl halides is 1. The van der Waals surface area contributed by atoms with Gasteiger partial charge in [0, 0.05) is 10.8 Å². The molecule has 1 heterocycles. The molecule has 0 aliphatic heterocycles. The number of thiophene rings is 1. The molecular formula is C11H15ClS.